The number of nitrogens with one attached hydrogen (secondary N) is 1. The topological polar surface area (TPSA) is 223 Å². The average Bonchev–Trinajstić information content (AvgIpc) is 3.53. The minimum Gasteiger partial charge on any atom is -0.543 e. The number of carbonyl (C=O) groups is 4. The Morgan fingerprint density at radius 2 is 2.16 bits per heavy atom. The zero-order valence-electron chi connectivity index (χ0n) is 19.6. The Morgan fingerprint density at radius 3 is 2.82 bits per heavy atom. The Hall–Kier alpha value is -4.86. The highest BCUT2D eigenvalue weighted by Crippen LogP contribution is 2.40. The molecule has 1 saturated heterocycles. The Labute approximate surface area is 217 Å². The maximum absolute atomic E-state index is 13.0. The first-order chi connectivity index (χ1) is 18.2. The molecule has 0 radical (unpaired) electrons. The van der Waals surface area contributed by atoms with E-state index in [0.29, 0.717) is 16.5 Å². The Kier molecular flexibility index (Phi) is 6.23. The summed E-state index contributed by atoms with van der Waals surface area (Å²) in [4.78, 5) is 59.5. The third-order valence-corrected chi connectivity index (χ3v) is 7.23. The van der Waals surface area contributed by atoms with Crippen LogP contribution in [0.5, 0.6) is 0 Å². The number of β-lactam (4-membered cyclic amide) rings is 1. The van der Waals surface area contributed by atoms with E-state index in [-0.39, 0.29) is 41.0 Å². The summed E-state index contributed by atoms with van der Waals surface area (Å²) in [6, 6.07) is 0.345. The van der Waals surface area contributed by atoms with Gasteiger partial charge in [0.05, 0.1) is 17.9 Å². The first-order valence-electron chi connectivity index (χ1n) is 10.9. The molecule has 0 aromatic carbocycles. The number of carboxylic acid groups (broad SMARTS) is 1. The molecule has 15 nitrogen and oxygen atoms in total. The molecule has 3 aromatic heterocycles. The van der Waals surface area contributed by atoms with Crippen molar-refractivity contribution in [3.63, 3.8) is 0 Å². The van der Waals surface area contributed by atoms with Gasteiger partial charge in [-0.15, -0.1) is 11.8 Å². The van der Waals surface area contributed by atoms with Gasteiger partial charge in [-0.3, -0.25) is 19.3 Å². The van der Waals surface area contributed by atoms with E-state index in [9.17, 15) is 24.3 Å². The van der Waals surface area contributed by atoms with Gasteiger partial charge in [-0.2, -0.15) is 9.55 Å². The SMILES string of the molecule is CO/N=C(\C(=O)NC1C(=O)N2C(C(=O)[O-])=C(C[n+]3cc(C(N)=O)c4ccoc4c3)CS[C@H]12)c1coc(N)n1. The van der Waals surface area contributed by atoms with E-state index in [1.54, 1.807) is 16.8 Å². The molecule has 1 unspecified atom stereocenters. The Morgan fingerprint density at radius 1 is 1.37 bits per heavy atom. The lowest BCUT2D eigenvalue weighted by Crippen LogP contribution is -2.71. The highest BCUT2D eigenvalue weighted by atomic mass is 32.2. The van der Waals surface area contributed by atoms with Gasteiger partial charge in [0.25, 0.3) is 23.7 Å². The summed E-state index contributed by atoms with van der Waals surface area (Å²) in [5.41, 5.74) is 11.3. The van der Waals surface area contributed by atoms with Gasteiger partial charge in [0.2, 0.25) is 6.20 Å². The normalized spacial score (nSPS) is 19.2. The fraction of sp³-hybridized carbons (Fsp3) is 0.227. The van der Waals surface area contributed by atoms with Gasteiger partial charge in [0, 0.05) is 16.7 Å². The molecule has 0 spiro atoms. The van der Waals surface area contributed by atoms with Gasteiger partial charge in [-0.1, -0.05) is 5.16 Å². The van der Waals surface area contributed by atoms with Gasteiger partial charge < -0.3 is 40.4 Å². The summed E-state index contributed by atoms with van der Waals surface area (Å²) < 4.78 is 11.8. The molecular formula is C22H19N7O8S. The smallest absolute Gasteiger partial charge is 0.292 e. The standard InChI is InChI=1S/C22H19N7O8S/c1-35-27-14(12-7-37-22(24)25-12)18(31)26-15-19(32)29-16(21(33)34)9(8-38-20(15)29)4-28-5-11(17(23)30)10-2-3-36-13(10)6-28/h2-3,5-7,15,20H,4,8H2,1H3,(H5-,23,24,25,26,30,31,33,34)/b27-14-/t15?,20-/m1/s1. The number of hydrogen-bond donors (Lipinski definition) is 3. The van der Waals surface area contributed by atoms with Crippen LogP contribution in [0.15, 0.2) is 56.2 Å². The minimum absolute atomic E-state index is 0.0129. The van der Waals surface area contributed by atoms with Crippen LogP contribution in [0.3, 0.4) is 0 Å². The number of fused-ring (bicyclic) bond motifs is 2. The number of nitrogens with two attached hydrogens (primary N) is 2. The van der Waals surface area contributed by atoms with Gasteiger partial charge in [0.1, 0.15) is 36.0 Å². The summed E-state index contributed by atoms with van der Waals surface area (Å²) in [7, 11) is 1.22. The molecule has 5 heterocycles. The van der Waals surface area contributed by atoms with E-state index in [0.717, 1.165) is 11.2 Å². The molecule has 0 saturated carbocycles. The molecule has 2 aliphatic heterocycles. The van der Waals surface area contributed by atoms with Crippen LogP contribution < -0.4 is 26.5 Å². The molecule has 3 amide bonds. The van der Waals surface area contributed by atoms with Gasteiger partial charge >= 0.3 is 0 Å². The summed E-state index contributed by atoms with van der Waals surface area (Å²) in [6.45, 7) is 0.0129. The number of aliphatic carboxylic acids is 1. The van der Waals surface area contributed by atoms with Crippen LogP contribution in [-0.2, 0) is 25.8 Å². The van der Waals surface area contributed by atoms with Crippen LogP contribution in [0.2, 0.25) is 0 Å². The van der Waals surface area contributed by atoms with Crippen molar-refractivity contribution >= 4 is 58.1 Å². The third kappa shape index (κ3) is 4.19. The van der Waals surface area contributed by atoms with E-state index in [2.05, 4.69) is 15.5 Å². The molecule has 1 fully saturated rings. The molecule has 16 heteroatoms. The first-order valence-corrected chi connectivity index (χ1v) is 12.0. The number of carboxylic acids is 1. The van der Waals surface area contributed by atoms with Crippen LogP contribution >= 0.6 is 11.8 Å². The number of nitrogens with zero attached hydrogens (tertiary/aromatic N) is 4. The number of carbonyl (C=O) groups excluding carboxylic acids is 4. The fourth-order valence-corrected chi connectivity index (χ4v) is 5.61. The second-order valence-electron chi connectivity index (χ2n) is 8.20. The lowest BCUT2D eigenvalue weighted by Gasteiger charge is -2.50. The summed E-state index contributed by atoms with van der Waals surface area (Å²) in [5.74, 6) is -3.51. The molecular weight excluding hydrogens is 522 g/mol. The summed E-state index contributed by atoms with van der Waals surface area (Å²) in [6.07, 6.45) is 5.57. The van der Waals surface area contributed by atoms with Crippen molar-refractivity contribution in [2.45, 2.75) is 18.0 Å². The average molecular weight is 542 g/mol. The van der Waals surface area contributed by atoms with Crippen molar-refractivity contribution in [3.05, 3.63) is 53.5 Å². The van der Waals surface area contributed by atoms with Crippen molar-refractivity contribution in [1.82, 2.24) is 15.2 Å². The van der Waals surface area contributed by atoms with Crippen LogP contribution in [0.1, 0.15) is 16.1 Å². The number of furan rings is 1. The fourth-order valence-electron chi connectivity index (χ4n) is 4.27. The van der Waals surface area contributed by atoms with E-state index < -0.39 is 35.1 Å². The van der Waals surface area contributed by atoms with Gasteiger partial charge in [-0.25, -0.2) is 0 Å². The van der Waals surface area contributed by atoms with E-state index in [1.165, 1.54) is 31.3 Å². The zero-order chi connectivity index (χ0) is 27.1. The number of nitrogen functional groups attached to an aromatic ring is 1. The second kappa shape index (κ2) is 9.55. The lowest BCUT2D eigenvalue weighted by molar-refractivity contribution is -0.688. The Bertz CT molecular complexity index is 1560. The number of aromatic nitrogens is 2. The van der Waals surface area contributed by atoms with Crippen LogP contribution in [0.25, 0.3) is 11.0 Å². The quantitative estimate of drug-likeness (QED) is 0.121. The number of oxazole rings is 1. The van der Waals surface area contributed by atoms with Gasteiger partial charge in [-0.05, 0) is 6.07 Å². The number of amides is 3. The number of hydrogen-bond acceptors (Lipinski definition) is 12. The Balaban J connectivity index is 1.39. The molecule has 3 aromatic rings. The molecule has 0 bridgehead atoms. The molecule has 196 valence electrons. The number of oxime groups is 1. The highest BCUT2D eigenvalue weighted by molar-refractivity contribution is 8.00. The van der Waals surface area contributed by atoms with E-state index in [4.69, 9.17) is 25.1 Å². The van der Waals surface area contributed by atoms with Gasteiger partial charge in [0.15, 0.2) is 24.0 Å². The van der Waals surface area contributed by atoms with Crippen molar-refractivity contribution in [1.29, 1.82) is 0 Å². The molecule has 5 N–H and O–H groups in total. The van der Waals surface area contributed by atoms with Crippen LogP contribution in [0, 0.1) is 0 Å². The highest BCUT2D eigenvalue weighted by Gasteiger charge is 2.53. The maximum Gasteiger partial charge on any atom is 0.292 e. The van der Waals surface area contributed by atoms with Crippen LogP contribution in [0.4, 0.5) is 6.01 Å². The molecule has 38 heavy (non-hydrogen) atoms. The number of anilines is 1. The third-order valence-electron chi connectivity index (χ3n) is 5.89. The summed E-state index contributed by atoms with van der Waals surface area (Å²) in [5, 5.41) is 18.1. The predicted octanol–water partition coefficient (Wildman–Crippen LogP) is -2.16. The summed E-state index contributed by atoms with van der Waals surface area (Å²) >= 11 is 1.24. The molecule has 5 rings (SSSR count). The lowest BCUT2D eigenvalue weighted by atomic mass is 10.0. The minimum atomic E-state index is -1.56. The van der Waals surface area contributed by atoms with Crippen molar-refractivity contribution in [2.24, 2.45) is 10.9 Å². The molecule has 0 aliphatic carbocycles. The van der Waals surface area contributed by atoms with Crippen molar-refractivity contribution in [2.75, 3.05) is 18.6 Å². The van der Waals surface area contributed by atoms with Crippen molar-refractivity contribution in [3.8, 4) is 0 Å². The maximum atomic E-state index is 13.0. The number of pyridine rings is 1. The monoisotopic (exact) mass is 541 g/mol. The number of rotatable bonds is 8. The molecule has 2 atom stereocenters. The largest absolute Gasteiger partial charge is 0.543 e. The predicted molar refractivity (Wildman–Crippen MR) is 126 cm³/mol. The second-order valence-corrected chi connectivity index (χ2v) is 9.31. The molecule has 2 aliphatic rings. The zero-order valence-corrected chi connectivity index (χ0v) is 20.4. The van der Waals surface area contributed by atoms with E-state index >= 15 is 0 Å². The number of thioether (sulfide) groups is 1. The van der Waals surface area contributed by atoms with Crippen LogP contribution in [-0.4, -0.2) is 63.6 Å². The first kappa shape index (κ1) is 24.8. The van der Waals surface area contributed by atoms with E-state index in [1.807, 2.05) is 0 Å². The van der Waals surface area contributed by atoms with Crippen molar-refractivity contribution < 1.29 is 42.5 Å². The number of primary amides is 1.